The summed E-state index contributed by atoms with van der Waals surface area (Å²) in [5.41, 5.74) is -0.0325. The van der Waals surface area contributed by atoms with Crippen LogP contribution in [0.25, 0.3) is 10.8 Å². The van der Waals surface area contributed by atoms with Crippen LogP contribution in [0.4, 0.5) is 4.79 Å². The molecule has 0 saturated carbocycles. The minimum atomic E-state index is -0.970. The Morgan fingerprint density at radius 2 is 1.83 bits per heavy atom. The maximum Gasteiger partial charge on any atom is 0.325 e. The molecule has 0 bridgehead atoms. The largest absolute Gasteiger partial charge is 0.325 e. The number of fused-ring (bicyclic) bond motifs is 1. The van der Waals surface area contributed by atoms with Crippen molar-refractivity contribution in [1.29, 1.82) is 0 Å². The summed E-state index contributed by atoms with van der Waals surface area (Å²) in [5, 5.41) is 6.99. The third-order valence-corrected chi connectivity index (χ3v) is 5.53. The van der Waals surface area contributed by atoms with Crippen LogP contribution in [0.5, 0.6) is 0 Å². The van der Waals surface area contributed by atoms with Crippen LogP contribution in [0.2, 0.25) is 0 Å². The van der Waals surface area contributed by atoms with Gasteiger partial charge < -0.3 is 5.32 Å². The zero-order valence-electron chi connectivity index (χ0n) is 13.2. The summed E-state index contributed by atoms with van der Waals surface area (Å²) in [7, 11) is 0. The Morgan fingerprint density at radius 1 is 1.04 bits per heavy atom. The molecule has 3 amide bonds. The van der Waals surface area contributed by atoms with Crippen LogP contribution < -0.4 is 5.32 Å². The van der Waals surface area contributed by atoms with Gasteiger partial charge in [0, 0.05) is 4.88 Å². The average molecular weight is 336 g/mol. The lowest BCUT2D eigenvalue weighted by Gasteiger charge is -2.20. The second-order valence-electron chi connectivity index (χ2n) is 6.11. The van der Waals surface area contributed by atoms with Gasteiger partial charge in [0.25, 0.3) is 5.91 Å². The van der Waals surface area contributed by atoms with E-state index in [0.29, 0.717) is 0 Å². The highest BCUT2D eigenvalue weighted by Crippen LogP contribution is 2.32. The highest BCUT2D eigenvalue weighted by molar-refractivity contribution is 7.10. The number of benzene rings is 2. The van der Waals surface area contributed by atoms with Gasteiger partial charge in [0.1, 0.15) is 0 Å². The number of amides is 3. The lowest BCUT2D eigenvalue weighted by Crippen LogP contribution is -2.40. The van der Waals surface area contributed by atoms with Gasteiger partial charge in [0.05, 0.1) is 6.54 Å². The molecule has 0 aliphatic carbocycles. The molecule has 2 heterocycles. The van der Waals surface area contributed by atoms with Gasteiger partial charge >= 0.3 is 6.03 Å². The number of thiophene rings is 1. The third kappa shape index (κ3) is 2.29. The summed E-state index contributed by atoms with van der Waals surface area (Å²) in [5.74, 6) is -0.205. The Bertz CT molecular complexity index is 935. The topological polar surface area (TPSA) is 49.4 Å². The van der Waals surface area contributed by atoms with Crippen LogP contribution in [-0.4, -0.2) is 16.8 Å². The molecule has 5 heteroatoms. The van der Waals surface area contributed by atoms with Gasteiger partial charge in [-0.2, -0.15) is 0 Å². The van der Waals surface area contributed by atoms with Crippen LogP contribution in [0.3, 0.4) is 0 Å². The van der Waals surface area contributed by atoms with Crippen molar-refractivity contribution in [2.45, 2.75) is 19.0 Å². The van der Waals surface area contributed by atoms with Crippen molar-refractivity contribution in [3.8, 4) is 0 Å². The molecule has 120 valence electrons. The first-order chi connectivity index (χ1) is 11.6. The summed E-state index contributed by atoms with van der Waals surface area (Å²) < 4.78 is 0. The number of rotatable bonds is 3. The molecular weight excluding hydrogens is 320 g/mol. The zero-order valence-corrected chi connectivity index (χ0v) is 14.0. The molecule has 1 atom stereocenters. The van der Waals surface area contributed by atoms with Crippen LogP contribution in [0.1, 0.15) is 17.4 Å². The van der Waals surface area contributed by atoms with E-state index in [1.54, 1.807) is 6.92 Å². The molecule has 1 N–H and O–H groups in total. The Labute approximate surface area is 143 Å². The second kappa shape index (κ2) is 5.46. The van der Waals surface area contributed by atoms with Gasteiger partial charge in [0.15, 0.2) is 5.54 Å². The Morgan fingerprint density at radius 3 is 2.58 bits per heavy atom. The minimum Gasteiger partial charge on any atom is -0.319 e. The highest BCUT2D eigenvalue weighted by atomic mass is 32.1. The van der Waals surface area contributed by atoms with Crippen molar-refractivity contribution in [2.24, 2.45) is 0 Å². The predicted molar refractivity (Wildman–Crippen MR) is 94.7 cm³/mol. The van der Waals surface area contributed by atoms with E-state index in [1.165, 1.54) is 16.2 Å². The van der Waals surface area contributed by atoms with Gasteiger partial charge in [-0.05, 0) is 40.8 Å². The molecular formula is C19H16N2O2S. The predicted octanol–water partition coefficient (Wildman–Crippen LogP) is 3.87. The minimum absolute atomic E-state index is 0.205. The number of carbonyl (C=O) groups excluding carboxylic acids is 2. The molecule has 1 unspecified atom stereocenters. The maximum absolute atomic E-state index is 12.9. The van der Waals surface area contributed by atoms with Crippen molar-refractivity contribution >= 4 is 34.0 Å². The zero-order chi connectivity index (χ0) is 16.7. The molecule has 0 radical (unpaired) electrons. The summed E-state index contributed by atoms with van der Waals surface area (Å²) in [6.45, 7) is 2.04. The van der Waals surface area contributed by atoms with Crippen LogP contribution in [0, 0.1) is 0 Å². The first-order valence-corrected chi connectivity index (χ1v) is 8.62. The molecule has 1 aliphatic heterocycles. The van der Waals surface area contributed by atoms with Crippen molar-refractivity contribution in [2.75, 3.05) is 0 Å². The van der Waals surface area contributed by atoms with E-state index >= 15 is 0 Å². The van der Waals surface area contributed by atoms with E-state index in [-0.39, 0.29) is 18.5 Å². The van der Waals surface area contributed by atoms with E-state index in [1.807, 2.05) is 60.0 Å². The molecule has 0 spiro atoms. The van der Waals surface area contributed by atoms with Crippen molar-refractivity contribution in [1.82, 2.24) is 10.2 Å². The smallest absolute Gasteiger partial charge is 0.319 e. The van der Waals surface area contributed by atoms with Gasteiger partial charge in [-0.25, -0.2) is 4.79 Å². The molecule has 3 aromatic rings. The number of nitrogens with zero attached hydrogens (tertiary/aromatic N) is 1. The van der Waals surface area contributed by atoms with Crippen molar-refractivity contribution in [3.63, 3.8) is 0 Å². The first kappa shape index (κ1) is 14.9. The monoisotopic (exact) mass is 336 g/mol. The number of nitrogens with one attached hydrogen (secondary N) is 1. The van der Waals surface area contributed by atoms with Crippen LogP contribution in [0.15, 0.2) is 60.0 Å². The Kier molecular flexibility index (Phi) is 3.39. The molecule has 2 aromatic carbocycles. The van der Waals surface area contributed by atoms with Crippen LogP contribution >= 0.6 is 11.3 Å². The molecule has 4 nitrogen and oxygen atoms in total. The van der Waals surface area contributed by atoms with Gasteiger partial charge in [-0.3, -0.25) is 9.69 Å². The van der Waals surface area contributed by atoms with Gasteiger partial charge in [0.2, 0.25) is 0 Å². The first-order valence-electron chi connectivity index (χ1n) is 7.74. The van der Waals surface area contributed by atoms with Crippen molar-refractivity contribution in [3.05, 3.63) is 70.4 Å². The molecule has 1 aliphatic rings. The van der Waals surface area contributed by atoms with E-state index in [9.17, 15) is 9.59 Å². The fourth-order valence-electron chi connectivity index (χ4n) is 3.09. The number of carbonyl (C=O) groups is 2. The number of hydrogen-bond acceptors (Lipinski definition) is 3. The van der Waals surface area contributed by atoms with E-state index in [2.05, 4.69) is 5.32 Å². The lowest BCUT2D eigenvalue weighted by molar-refractivity contribution is -0.131. The Balaban J connectivity index is 1.64. The molecule has 1 fully saturated rings. The quantitative estimate of drug-likeness (QED) is 0.738. The number of imide groups is 1. The SMILES string of the molecule is CC1(c2cccs2)NC(=O)N(Cc2ccc3ccccc3c2)C1=O. The second-order valence-corrected chi connectivity index (χ2v) is 7.05. The number of hydrogen-bond donors (Lipinski definition) is 1. The van der Waals surface area contributed by atoms with E-state index in [0.717, 1.165) is 21.2 Å². The lowest BCUT2D eigenvalue weighted by atomic mass is 10.0. The van der Waals surface area contributed by atoms with E-state index < -0.39 is 5.54 Å². The fraction of sp³-hybridized carbons (Fsp3) is 0.158. The van der Waals surface area contributed by atoms with Gasteiger partial charge in [-0.1, -0.05) is 42.5 Å². The summed E-state index contributed by atoms with van der Waals surface area (Å²) in [6, 6.07) is 17.5. The Hall–Kier alpha value is -2.66. The molecule has 1 saturated heterocycles. The summed E-state index contributed by atoms with van der Waals surface area (Å²) in [4.78, 5) is 27.4. The fourth-order valence-corrected chi connectivity index (χ4v) is 3.93. The summed E-state index contributed by atoms with van der Waals surface area (Å²) in [6.07, 6.45) is 0. The highest BCUT2D eigenvalue weighted by Gasteiger charge is 2.49. The maximum atomic E-state index is 12.9. The molecule has 4 rings (SSSR count). The molecule has 24 heavy (non-hydrogen) atoms. The third-order valence-electron chi connectivity index (χ3n) is 4.44. The average Bonchev–Trinajstić information content (AvgIpc) is 3.19. The molecule has 1 aromatic heterocycles. The van der Waals surface area contributed by atoms with E-state index in [4.69, 9.17) is 0 Å². The standard InChI is InChI=1S/C19H16N2O2S/c1-19(16-7-4-10-24-16)17(22)21(18(23)20-19)12-13-8-9-14-5-2-3-6-15(14)11-13/h2-11H,12H2,1H3,(H,20,23). The normalized spacial score (nSPS) is 20.6. The number of urea groups is 1. The van der Waals surface area contributed by atoms with Crippen LogP contribution in [-0.2, 0) is 16.9 Å². The van der Waals surface area contributed by atoms with Crippen molar-refractivity contribution < 1.29 is 9.59 Å². The summed E-state index contributed by atoms with van der Waals surface area (Å²) >= 11 is 1.47. The van der Waals surface area contributed by atoms with Gasteiger partial charge in [-0.15, -0.1) is 11.3 Å².